The van der Waals surface area contributed by atoms with Crippen molar-refractivity contribution >= 4 is 23.2 Å². The van der Waals surface area contributed by atoms with E-state index in [9.17, 15) is 4.79 Å². The fourth-order valence-electron chi connectivity index (χ4n) is 2.32. The van der Waals surface area contributed by atoms with Crippen LogP contribution in [0, 0.1) is 0 Å². The summed E-state index contributed by atoms with van der Waals surface area (Å²) < 4.78 is 0. The summed E-state index contributed by atoms with van der Waals surface area (Å²) >= 11 is 5.19. The second-order valence-corrected chi connectivity index (χ2v) is 4.49. The molecule has 2 aliphatic rings. The van der Waals surface area contributed by atoms with Crippen LogP contribution in [0.4, 0.5) is 0 Å². The fourth-order valence-corrected chi connectivity index (χ4v) is 2.66. The Hall–Kier alpha value is -0.900. The van der Waals surface area contributed by atoms with Crippen molar-refractivity contribution in [3.8, 4) is 0 Å². The molecule has 1 aliphatic carbocycles. The summed E-state index contributed by atoms with van der Waals surface area (Å²) in [7, 11) is 0. The number of carbonyl (C=O) groups excluding carboxylic acids is 1. The average Bonchev–Trinajstić information content (AvgIpc) is 2.55. The van der Waals surface area contributed by atoms with Gasteiger partial charge in [0.1, 0.15) is 5.70 Å². The van der Waals surface area contributed by atoms with E-state index >= 15 is 0 Å². The van der Waals surface area contributed by atoms with Crippen molar-refractivity contribution in [3.63, 3.8) is 0 Å². The third-order valence-corrected chi connectivity index (χ3v) is 3.44. The summed E-state index contributed by atoms with van der Waals surface area (Å²) in [4.78, 5) is 13.7. The highest BCUT2D eigenvalue weighted by Crippen LogP contribution is 2.26. The smallest absolute Gasteiger partial charge is 0.276 e. The number of amides is 1. The zero-order chi connectivity index (χ0) is 10.8. The Bertz CT molecular complexity index is 319. The Morgan fingerprint density at radius 3 is 2.60 bits per heavy atom. The van der Waals surface area contributed by atoms with Crippen LogP contribution in [0.25, 0.3) is 0 Å². The van der Waals surface area contributed by atoms with Gasteiger partial charge in [-0.05, 0) is 32.0 Å². The quantitative estimate of drug-likeness (QED) is 0.546. The third kappa shape index (κ3) is 1.91. The van der Waals surface area contributed by atoms with E-state index in [1.165, 1.54) is 19.3 Å². The highest BCUT2D eigenvalue weighted by molar-refractivity contribution is 7.80. The predicted octanol–water partition coefficient (Wildman–Crippen LogP) is 1.94. The first-order valence-electron chi connectivity index (χ1n) is 5.55. The van der Waals surface area contributed by atoms with Gasteiger partial charge in [0.2, 0.25) is 0 Å². The van der Waals surface area contributed by atoms with Gasteiger partial charge in [0.15, 0.2) is 5.11 Å². The molecule has 0 aromatic heterocycles. The molecule has 1 saturated carbocycles. The second-order valence-electron chi connectivity index (χ2n) is 4.10. The van der Waals surface area contributed by atoms with Gasteiger partial charge in [-0.2, -0.15) is 0 Å². The van der Waals surface area contributed by atoms with Crippen LogP contribution in [0.1, 0.15) is 39.0 Å². The molecule has 1 amide bonds. The van der Waals surface area contributed by atoms with E-state index in [1.54, 1.807) is 11.0 Å². The van der Waals surface area contributed by atoms with Crippen LogP contribution in [-0.4, -0.2) is 22.0 Å². The molecule has 1 N–H and O–H groups in total. The van der Waals surface area contributed by atoms with E-state index in [1.807, 2.05) is 6.92 Å². The summed E-state index contributed by atoms with van der Waals surface area (Å²) in [5, 5.41) is 3.55. The molecule has 0 unspecified atom stereocenters. The number of carbonyl (C=O) groups is 1. The van der Waals surface area contributed by atoms with E-state index < -0.39 is 0 Å². The Balaban J connectivity index is 2.14. The maximum Gasteiger partial charge on any atom is 0.276 e. The molecule has 15 heavy (non-hydrogen) atoms. The standard InChI is InChI=1S/C11H16N2OS/c1-2-9-10(14)13(11(15)12-9)8-6-4-3-5-7-8/h2,8H,3-7H2,1H3,(H,12,15)/b9-2-. The molecule has 82 valence electrons. The molecular formula is C11H16N2OS. The van der Waals surface area contributed by atoms with Crippen molar-refractivity contribution in [3.05, 3.63) is 11.8 Å². The summed E-state index contributed by atoms with van der Waals surface area (Å²) in [5.74, 6) is 0.0504. The Labute approximate surface area is 95.5 Å². The van der Waals surface area contributed by atoms with Crippen molar-refractivity contribution in [2.45, 2.75) is 45.1 Å². The molecule has 1 aliphatic heterocycles. The Kier molecular flexibility index (Phi) is 3.05. The molecule has 2 rings (SSSR count). The van der Waals surface area contributed by atoms with E-state index in [0.29, 0.717) is 16.9 Å². The average molecular weight is 224 g/mol. The predicted molar refractivity (Wildman–Crippen MR) is 63.2 cm³/mol. The number of hydrogen-bond acceptors (Lipinski definition) is 2. The van der Waals surface area contributed by atoms with Crippen molar-refractivity contribution < 1.29 is 4.79 Å². The maximum absolute atomic E-state index is 12.0. The van der Waals surface area contributed by atoms with E-state index in [-0.39, 0.29) is 5.91 Å². The molecule has 0 aromatic carbocycles. The number of thiocarbonyl (C=S) groups is 1. The van der Waals surface area contributed by atoms with Crippen LogP contribution in [-0.2, 0) is 4.79 Å². The maximum atomic E-state index is 12.0. The number of nitrogens with zero attached hydrogens (tertiary/aromatic N) is 1. The largest absolute Gasteiger partial charge is 0.328 e. The van der Waals surface area contributed by atoms with E-state index in [4.69, 9.17) is 12.2 Å². The van der Waals surface area contributed by atoms with Gasteiger partial charge < -0.3 is 5.32 Å². The van der Waals surface area contributed by atoms with Crippen molar-refractivity contribution in [2.24, 2.45) is 0 Å². The number of hydrogen-bond donors (Lipinski definition) is 1. The lowest BCUT2D eigenvalue weighted by Crippen LogP contribution is -2.41. The summed E-state index contributed by atoms with van der Waals surface area (Å²) in [6.45, 7) is 1.85. The van der Waals surface area contributed by atoms with E-state index in [0.717, 1.165) is 12.8 Å². The molecule has 0 aromatic rings. The molecule has 1 saturated heterocycles. The van der Waals surface area contributed by atoms with Crippen LogP contribution in [0.5, 0.6) is 0 Å². The summed E-state index contributed by atoms with van der Waals surface area (Å²) in [5.41, 5.74) is 0.630. The molecule has 2 fully saturated rings. The highest BCUT2D eigenvalue weighted by atomic mass is 32.1. The highest BCUT2D eigenvalue weighted by Gasteiger charge is 2.35. The van der Waals surface area contributed by atoms with Crippen molar-refractivity contribution in [1.29, 1.82) is 0 Å². The minimum Gasteiger partial charge on any atom is -0.328 e. The summed E-state index contributed by atoms with van der Waals surface area (Å²) in [6.07, 6.45) is 7.67. The van der Waals surface area contributed by atoms with Gasteiger partial charge in [-0.25, -0.2) is 0 Å². The monoisotopic (exact) mass is 224 g/mol. The minimum absolute atomic E-state index is 0.0504. The molecule has 0 atom stereocenters. The van der Waals surface area contributed by atoms with Gasteiger partial charge in [-0.15, -0.1) is 0 Å². The number of rotatable bonds is 1. The normalized spacial score (nSPS) is 26.2. The SMILES string of the molecule is C/C=C1\NC(=S)N(C2CCCCC2)C1=O. The first-order valence-corrected chi connectivity index (χ1v) is 5.95. The zero-order valence-electron chi connectivity index (χ0n) is 8.95. The van der Waals surface area contributed by atoms with Crippen molar-refractivity contribution in [1.82, 2.24) is 10.2 Å². The molecule has 0 radical (unpaired) electrons. The lowest BCUT2D eigenvalue weighted by Gasteiger charge is -2.29. The first kappa shape index (κ1) is 10.6. The Morgan fingerprint density at radius 1 is 1.40 bits per heavy atom. The lowest BCUT2D eigenvalue weighted by atomic mass is 9.94. The molecule has 1 heterocycles. The molecule has 3 nitrogen and oxygen atoms in total. The second kappa shape index (κ2) is 4.31. The van der Waals surface area contributed by atoms with Crippen LogP contribution in [0.15, 0.2) is 11.8 Å². The van der Waals surface area contributed by atoms with E-state index in [2.05, 4.69) is 5.32 Å². The van der Waals surface area contributed by atoms with Crippen LogP contribution in [0.2, 0.25) is 0 Å². The van der Waals surface area contributed by atoms with Gasteiger partial charge in [0.25, 0.3) is 5.91 Å². The van der Waals surface area contributed by atoms with Crippen LogP contribution in [0.3, 0.4) is 0 Å². The zero-order valence-corrected chi connectivity index (χ0v) is 9.77. The number of allylic oxidation sites excluding steroid dienone is 1. The van der Waals surface area contributed by atoms with Gasteiger partial charge >= 0.3 is 0 Å². The van der Waals surface area contributed by atoms with Gasteiger partial charge in [0, 0.05) is 6.04 Å². The minimum atomic E-state index is 0.0504. The first-order chi connectivity index (χ1) is 7.24. The number of nitrogens with one attached hydrogen (secondary N) is 1. The third-order valence-electron chi connectivity index (χ3n) is 3.14. The van der Waals surface area contributed by atoms with Crippen LogP contribution >= 0.6 is 12.2 Å². The molecule has 4 heteroatoms. The topological polar surface area (TPSA) is 32.3 Å². The fraction of sp³-hybridized carbons (Fsp3) is 0.636. The molecule has 0 spiro atoms. The lowest BCUT2D eigenvalue weighted by molar-refractivity contribution is -0.124. The van der Waals surface area contributed by atoms with Gasteiger partial charge in [-0.3, -0.25) is 9.69 Å². The van der Waals surface area contributed by atoms with Crippen molar-refractivity contribution in [2.75, 3.05) is 0 Å². The summed E-state index contributed by atoms with van der Waals surface area (Å²) in [6, 6.07) is 0.323. The van der Waals surface area contributed by atoms with Gasteiger partial charge in [-0.1, -0.05) is 25.3 Å². The Morgan fingerprint density at radius 2 is 2.07 bits per heavy atom. The van der Waals surface area contributed by atoms with Gasteiger partial charge in [0.05, 0.1) is 0 Å². The molecule has 0 bridgehead atoms. The molecular weight excluding hydrogens is 208 g/mol. The van der Waals surface area contributed by atoms with Crippen LogP contribution < -0.4 is 5.32 Å².